The molecule has 0 radical (unpaired) electrons. The van der Waals surface area contributed by atoms with E-state index >= 15 is 0 Å². The van der Waals surface area contributed by atoms with Gasteiger partial charge in [-0.05, 0) is 43.9 Å². The second kappa shape index (κ2) is 9.65. The van der Waals surface area contributed by atoms with Crippen molar-refractivity contribution in [3.05, 3.63) is 39.8 Å². The summed E-state index contributed by atoms with van der Waals surface area (Å²) < 4.78 is 64.4. The van der Waals surface area contributed by atoms with E-state index < -0.39 is 42.6 Å². The number of fused-ring (bicyclic) bond motifs is 3. The number of anilines is 4. The minimum atomic E-state index is -3.19. The van der Waals surface area contributed by atoms with Gasteiger partial charge < -0.3 is 29.9 Å². The molecule has 1 saturated heterocycles. The van der Waals surface area contributed by atoms with Gasteiger partial charge in [-0.2, -0.15) is 4.98 Å². The Balaban J connectivity index is 1.38. The molecule has 0 spiro atoms. The summed E-state index contributed by atoms with van der Waals surface area (Å²) in [7, 11) is 0. The summed E-state index contributed by atoms with van der Waals surface area (Å²) in [5.41, 5.74) is 0.724. The summed E-state index contributed by atoms with van der Waals surface area (Å²) in [5, 5.41) is 16.5. The van der Waals surface area contributed by atoms with E-state index in [0.29, 0.717) is 36.0 Å². The van der Waals surface area contributed by atoms with E-state index in [1.807, 2.05) is 0 Å². The minimum Gasteiger partial charge on any atom is -0.480 e. The fraction of sp³-hybridized carbons (Fsp3) is 0.500. The number of hydrogen-bond donors (Lipinski definition) is 3. The molecule has 214 valence electrons. The molecule has 2 fully saturated rings. The highest BCUT2D eigenvalue weighted by Crippen LogP contribution is 2.46. The minimum absolute atomic E-state index is 0.0553. The quantitative estimate of drug-likeness (QED) is 0.374. The molecular weight excluding hydrogens is 556 g/mol. The van der Waals surface area contributed by atoms with Crippen molar-refractivity contribution in [2.24, 2.45) is 5.92 Å². The van der Waals surface area contributed by atoms with Gasteiger partial charge in [0.2, 0.25) is 11.7 Å². The SMILES string of the molecule is CCn1c(=O)c2c(c3cc(Nc4nc(N5CCC(F)(F)[C@@H](O)C5)ncc4Cl)ccc31)N[C@@H](C1CC1)C(F)(F)CO2. The normalized spacial score (nSPS) is 23.6. The summed E-state index contributed by atoms with van der Waals surface area (Å²) in [6, 6.07) is 3.90. The summed E-state index contributed by atoms with van der Waals surface area (Å²) in [6.07, 6.45) is 0.253. The Labute approximate surface area is 231 Å². The number of β-amino-alcohol motifs (C(OH)–C–C–N with tert-alkyl or cyclic N) is 1. The van der Waals surface area contributed by atoms with Crippen LogP contribution in [0, 0.1) is 5.92 Å². The van der Waals surface area contributed by atoms with Crippen molar-refractivity contribution < 1.29 is 27.4 Å². The third-order valence-corrected chi connectivity index (χ3v) is 7.95. The van der Waals surface area contributed by atoms with E-state index in [-0.39, 0.29) is 47.2 Å². The molecule has 9 nitrogen and oxygen atoms in total. The fourth-order valence-corrected chi connectivity index (χ4v) is 5.45. The number of nitrogens with one attached hydrogen (secondary N) is 2. The summed E-state index contributed by atoms with van der Waals surface area (Å²) in [6.45, 7) is 0.778. The molecule has 6 rings (SSSR count). The lowest BCUT2D eigenvalue weighted by molar-refractivity contribution is -0.118. The van der Waals surface area contributed by atoms with Crippen molar-refractivity contribution in [2.45, 2.75) is 56.7 Å². The van der Waals surface area contributed by atoms with Crippen LogP contribution in [-0.2, 0) is 6.54 Å². The van der Waals surface area contributed by atoms with Crippen molar-refractivity contribution in [3.8, 4) is 5.75 Å². The maximum atomic E-state index is 15.0. The first-order chi connectivity index (χ1) is 19.0. The van der Waals surface area contributed by atoms with Crippen LogP contribution in [0.25, 0.3) is 10.9 Å². The molecule has 1 saturated carbocycles. The monoisotopic (exact) mass is 582 g/mol. The lowest BCUT2D eigenvalue weighted by Gasteiger charge is -2.35. The number of rotatable bonds is 5. The van der Waals surface area contributed by atoms with Crippen molar-refractivity contribution in [3.63, 3.8) is 0 Å². The number of aromatic nitrogens is 3. The largest absolute Gasteiger partial charge is 0.480 e. The van der Waals surface area contributed by atoms with Crippen LogP contribution < -0.4 is 25.8 Å². The topological polar surface area (TPSA) is 105 Å². The molecule has 1 aromatic carbocycles. The van der Waals surface area contributed by atoms with E-state index in [0.717, 1.165) is 0 Å². The Kier molecular flexibility index (Phi) is 6.49. The molecule has 14 heteroatoms. The number of piperidine rings is 1. The van der Waals surface area contributed by atoms with E-state index in [2.05, 4.69) is 20.6 Å². The molecule has 1 aliphatic carbocycles. The zero-order chi connectivity index (χ0) is 28.4. The van der Waals surface area contributed by atoms with Crippen LogP contribution in [0.5, 0.6) is 5.75 Å². The smallest absolute Gasteiger partial charge is 0.301 e. The molecule has 2 atom stereocenters. The van der Waals surface area contributed by atoms with Gasteiger partial charge in [0.25, 0.3) is 11.5 Å². The van der Waals surface area contributed by atoms with Crippen LogP contribution in [0.15, 0.2) is 29.2 Å². The molecule has 2 aliphatic heterocycles. The lowest BCUT2D eigenvalue weighted by Crippen LogP contribution is -2.51. The van der Waals surface area contributed by atoms with Crippen LogP contribution in [0.1, 0.15) is 26.2 Å². The van der Waals surface area contributed by atoms with Gasteiger partial charge in [-0.15, -0.1) is 0 Å². The predicted molar refractivity (Wildman–Crippen MR) is 143 cm³/mol. The second-order valence-electron chi connectivity index (χ2n) is 10.5. The Bertz CT molecular complexity index is 1530. The highest BCUT2D eigenvalue weighted by molar-refractivity contribution is 6.33. The van der Waals surface area contributed by atoms with Gasteiger partial charge in [0.15, 0.2) is 12.4 Å². The maximum absolute atomic E-state index is 15.0. The van der Waals surface area contributed by atoms with E-state index in [1.165, 1.54) is 15.7 Å². The zero-order valence-electron chi connectivity index (χ0n) is 21.4. The van der Waals surface area contributed by atoms with Crippen LogP contribution in [0.3, 0.4) is 0 Å². The number of hydrogen-bond acceptors (Lipinski definition) is 8. The molecule has 3 aromatic rings. The molecule has 2 aromatic heterocycles. The van der Waals surface area contributed by atoms with Crippen molar-refractivity contribution >= 4 is 45.6 Å². The standard InChI is InChI=1S/C26H27ClF4N6O3/c1-2-37-17-6-5-14(33-22-16(27)10-32-24(35-22)36-8-7-25(28,29)18(38)11-36)9-15(17)19-20(23(37)39)40-12-26(30,31)21(34-19)13-3-4-13/h5-6,9-10,13,18,21,34,38H,2-4,7-8,11-12H2,1H3,(H,32,33,35)/t18-,21-/m0/s1. The summed E-state index contributed by atoms with van der Waals surface area (Å²) in [5.74, 6) is -6.44. The third-order valence-electron chi connectivity index (χ3n) is 7.67. The zero-order valence-corrected chi connectivity index (χ0v) is 22.2. The van der Waals surface area contributed by atoms with Gasteiger partial charge in [0, 0.05) is 30.6 Å². The van der Waals surface area contributed by atoms with E-state index in [4.69, 9.17) is 16.3 Å². The molecule has 0 unspecified atom stereocenters. The molecule has 0 amide bonds. The average molecular weight is 583 g/mol. The number of alkyl halides is 4. The summed E-state index contributed by atoms with van der Waals surface area (Å²) >= 11 is 6.34. The first-order valence-electron chi connectivity index (χ1n) is 13.1. The first kappa shape index (κ1) is 26.9. The van der Waals surface area contributed by atoms with E-state index in [9.17, 15) is 27.5 Å². The lowest BCUT2D eigenvalue weighted by atomic mass is 10.0. The highest BCUT2D eigenvalue weighted by Gasteiger charge is 2.51. The number of aliphatic hydroxyl groups excluding tert-OH is 1. The molecular formula is C26H27ClF4N6O3. The van der Waals surface area contributed by atoms with Crippen LogP contribution in [0.2, 0.25) is 5.02 Å². The average Bonchev–Trinajstić information content (AvgIpc) is 3.75. The number of halogens is 5. The number of aliphatic hydroxyl groups is 1. The maximum Gasteiger partial charge on any atom is 0.301 e. The number of benzene rings is 1. The number of nitrogens with zero attached hydrogens (tertiary/aromatic N) is 4. The molecule has 0 bridgehead atoms. The Morgan fingerprint density at radius 3 is 2.73 bits per heavy atom. The van der Waals surface area contributed by atoms with Gasteiger partial charge in [-0.25, -0.2) is 22.5 Å². The first-order valence-corrected chi connectivity index (χ1v) is 13.4. The molecule has 4 heterocycles. The van der Waals surface area contributed by atoms with Gasteiger partial charge >= 0.3 is 5.92 Å². The van der Waals surface area contributed by atoms with E-state index in [1.54, 1.807) is 25.1 Å². The second-order valence-corrected chi connectivity index (χ2v) is 10.9. The highest BCUT2D eigenvalue weighted by atomic mass is 35.5. The Hall–Kier alpha value is -3.32. The van der Waals surface area contributed by atoms with Crippen molar-refractivity contribution in [1.29, 1.82) is 0 Å². The van der Waals surface area contributed by atoms with Crippen LogP contribution in [-0.4, -0.2) is 63.3 Å². The summed E-state index contributed by atoms with van der Waals surface area (Å²) in [4.78, 5) is 23.2. The Morgan fingerprint density at radius 2 is 2.02 bits per heavy atom. The molecule has 40 heavy (non-hydrogen) atoms. The number of ether oxygens (including phenoxy) is 1. The van der Waals surface area contributed by atoms with Crippen molar-refractivity contribution in [1.82, 2.24) is 14.5 Å². The number of aryl methyl sites for hydroxylation is 1. The Morgan fingerprint density at radius 1 is 1.25 bits per heavy atom. The van der Waals surface area contributed by atoms with Gasteiger partial charge in [0.05, 0.1) is 30.0 Å². The molecule has 3 aliphatic rings. The van der Waals surface area contributed by atoms with Crippen LogP contribution >= 0.6 is 11.6 Å². The van der Waals surface area contributed by atoms with Gasteiger partial charge in [0.1, 0.15) is 11.1 Å². The predicted octanol–water partition coefficient (Wildman–Crippen LogP) is 4.63. The fourth-order valence-electron chi connectivity index (χ4n) is 5.31. The number of pyridine rings is 1. The molecule has 3 N–H and O–H groups in total. The van der Waals surface area contributed by atoms with Crippen molar-refractivity contribution in [2.75, 3.05) is 35.2 Å². The van der Waals surface area contributed by atoms with Gasteiger partial charge in [-0.3, -0.25) is 4.79 Å². The van der Waals surface area contributed by atoms with Gasteiger partial charge in [-0.1, -0.05) is 11.6 Å². The third kappa shape index (κ3) is 4.68. The van der Waals surface area contributed by atoms with Crippen LogP contribution in [0.4, 0.5) is 40.7 Å².